The van der Waals surface area contributed by atoms with Gasteiger partial charge in [-0.1, -0.05) is 31.0 Å². The molecule has 0 bridgehead atoms. The van der Waals surface area contributed by atoms with Crippen LogP contribution in [0.4, 0.5) is 5.69 Å². The van der Waals surface area contributed by atoms with Crippen molar-refractivity contribution in [2.45, 2.75) is 32.7 Å². The van der Waals surface area contributed by atoms with E-state index in [4.69, 9.17) is 11.6 Å². The summed E-state index contributed by atoms with van der Waals surface area (Å²) in [7, 11) is 0. The maximum atomic E-state index is 6.07. The first-order valence-corrected chi connectivity index (χ1v) is 8.53. The predicted molar refractivity (Wildman–Crippen MR) is 92.5 cm³/mol. The Bertz CT molecular complexity index is 416. The highest BCUT2D eigenvalue weighted by Crippen LogP contribution is 2.20. The Labute approximate surface area is 134 Å². The van der Waals surface area contributed by atoms with Gasteiger partial charge in [0.25, 0.3) is 0 Å². The second kappa shape index (κ2) is 8.62. The van der Waals surface area contributed by atoms with Crippen LogP contribution in [0.3, 0.4) is 0 Å². The minimum absolute atomic E-state index is 0.641. The summed E-state index contributed by atoms with van der Waals surface area (Å²) >= 11 is 6.07. The van der Waals surface area contributed by atoms with Gasteiger partial charge in [-0.2, -0.15) is 0 Å². The summed E-state index contributed by atoms with van der Waals surface area (Å²) in [4.78, 5) is 4.97. The maximum Gasteiger partial charge on any atom is 0.0426 e. The van der Waals surface area contributed by atoms with Crippen molar-refractivity contribution < 1.29 is 0 Å². The van der Waals surface area contributed by atoms with Crippen molar-refractivity contribution in [2.75, 3.05) is 44.2 Å². The lowest BCUT2D eigenvalue weighted by Gasteiger charge is -2.36. The first kappa shape index (κ1) is 16.6. The first-order valence-electron chi connectivity index (χ1n) is 8.15. The molecular weight excluding hydrogens is 282 g/mol. The van der Waals surface area contributed by atoms with Crippen LogP contribution in [0, 0.1) is 0 Å². The lowest BCUT2D eigenvalue weighted by Crippen LogP contribution is -2.48. The van der Waals surface area contributed by atoms with Crippen LogP contribution in [-0.4, -0.2) is 50.2 Å². The van der Waals surface area contributed by atoms with Crippen LogP contribution in [0.1, 0.15) is 26.7 Å². The summed E-state index contributed by atoms with van der Waals surface area (Å²) in [5, 5.41) is 4.43. The minimum Gasteiger partial charge on any atom is -0.369 e. The third kappa shape index (κ3) is 5.50. The molecule has 2 rings (SSSR count). The highest BCUT2D eigenvalue weighted by molar-refractivity contribution is 6.30. The average molecular weight is 310 g/mol. The smallest absolute Gasteiger partial charge is 0.0426 e. The van der Waals surface area contributed by atoms with Gasteiger partial charge in [-0.25, -0.2) is 0 Å². The average Bonchev–Trinajstić information content (AvgIpc) is 2.48. The van der Waals surface area contributed by atoms with Gasteiger partial charge in [0.1, 0.15) is 0 Å². The fourth-order valence-electron chi connectivity index (χ4n) is 2.91. The van der Waals surface area contributed by atoms with E-state index in [0.29, 0.717) is 6.04 Å². The van der Waals surface area contributed by atoms with Gasteiger partial charge in [-0.3, -0.25) is 4.90 Å². The standard InChI is InChI=1S/C17H28ClN3/c1-3-5-15(2)19-8-9-20-10-12-21(13-11-20)17-7-4-6-16(18)14-17/h4,6-7,14-15,19H,3,5,8-13H2,1-2H3. The van der Waals surface area contributed by atoms with Crippen LogP contribution in [0.25, 0.3) is 0 Å². The van der Waals surface area contributed by atoms with Crippen molar-refractivity contribution in [1.82, 2.24) is 10.2 Å². The second-order valence-electron chi connectivity index (χ2n) is 5.95. The van der Waals surface area contributed by atoms with Gasteiger partial charge in [-0.05, 0) is 31.5 Å². The SMILES string of the molecule is CCCC(C)NCCN1CCN(c2cccc(Cl)c2)CC1. The van der Waals surface area contributed by atoms with Crippen LogP contribution in [0.5, 0.6) is 0 Å². The summed E-state index contributed by atoms with van der Waals surface area (Å²) in [6.07, 6.45) is 2.52. The first-order chi connectivity index (χ1) is 10.2. The molecule has 1 aliphatic rings. The van der Waals surface area contributed by atoms with Crippen LogP contribution in [-0.2, 0) is 0 Å². The minimum atomic E-state index is 0.641. The van der Waals surface area contributed by atoms with Crippen molar-refractivity contribution >= 4 is 17.3 Å². The van der Waals surface area contributed by atoms with E-state index in [2.05, 4.69) is 41.1 Å². The molecule has 1 aromatic carbocycles. The van der Waals surface area contributed by atoms with Crippen LogP contribution >= 0.6 is 11.6 Å². The number of benzene rings is 1. The molecule has 1 heterocycles. The second-order valence-corrected chi connectivity index (χ2v) is 6.39. The molecule has 1 N–H and O–H groups in total. The number of nitrogens with zero attached hydrogens (tertiary/aromatic N) is 2. The molecule has 0 aromatic heterocycles. The van der Waals surface area contributed by atoms with Gasteiger partial charge in [0.15, 0.2) is 0 Å². The highest BCUT2D eigenvalue weighted by Gasteiger charge is 2.17. The van der Waals surface area contributed by atoms with E-state index in [-0.39, 0.29) is 0 Å². The van der Waals surface area contributed by atoms with E-state index in [1.54, 1.807) is 0 Å². The van der Waals surface area contributed by atoms with Gasteiger partial charge in [0.2, 0.25) is 0 Å². The number of rotatable bonds is 7. The number of anilines is 1. The molecule has 1 atom stereocenters. The Kier molecular flexibility index (Phi) is 6.81. The molecule has 21 heavy (non-hydrogen) atoms. The van der Waals surface area contributed by atoms with Gasteiger partial charge in [-0.15, -0.1) is 0 Å². The summed E-state index contributed by atoms with van der Waals surface area (Å²) in [5.74, 6) is 0. The van der Waals surface area contributed by atoms with Gasteiger partial charge in [0, 0.05) is 56.0 Å². The van der Waals surface area contributed by atoms with Crippen molar-refractivity contribution in [3.05, 3.63) is 29.3 Å². The maximum absolute atomic E-state index is 6.07. The molecular formula is C17H28ClN3. The zero-order valence-corrected chi connectivity index (χ0v) is 14.1. The molecule has 1 aliphatic heterocycles. The van der Waals surface area contributed by atoms with Crippen molar-refractivity contribution in [3.8, 4) is 0 Å². The summed E-state index contributed by atoms with van der Waals surface area (Å²) < 4.78 is 0. The zero-order valence-electron chi connectivity index (χ0n) is 13.3. The fourth-order valence-corrected chi connectivity index (χ4v) is 3.09. The molecule has 1 fully saturated rings. The van der Waals surface area contributed by atoms with E-state index in [9.17, 15) is 0 Å². The van der Waals surface area contributed by atoms with E-state index < -0.39 is 0 Å². The molecule has 1 unspecified atom stereocenters. The molecule has 0 radical (unpaired) electrons. The summed E-state index contributed by atoms with van der Waals surface area (Å²) in [5.41, 5.74) is 1.25. The monoisotopic (exact) mass is 309 g/mol. The van der Waals surface area contributed by atoms with Gasteiger partial charge < -0.3 is 10.2 Å². The molecule has 0 aliphatic carbocycles. The Morgan fingerprint density at radius 1 is 1.24 bits per heavy atom. The number of hydrogen-bond donors (Lipinski definition) is 1. The quantitative estimate of drug-likeness (QED) is 0.834. The van der Waals surface area contributed by atoms with E-state index in [1.165, 1.54) is 18.5 Å². The van der Waals surface area contributed by atoms with E-state index in [1.807, 2.05) is 12.1 Å². The topological polar surface area (TPSA) is 18.5 Å². The number of piperazine rings is 1. The molecule has 0 spiro atoms. The summed E-state index contributed by atoms with van der Waals surface area (Å²) in [6.45, 7) is 11.2. The molecule has 1 aromatic rings. The van der Waals surface area contributed by atoms with E-state index >= 15 is 0 Å². The van der Waals surface area contributed by atoms with Crippen molar-refractivity contribution in [3.63, 3.8) is 0 Å². The van der Waals surface area contributed by atoms with Crippen LogP contribution in [0.2, 0.25) is 5.02 Å². The summed E-state index contributed by atoms with van der Waals surface area (Å²) in [6, 6.07) is 8.82. The van der Waals surface area contributed by atoms with Crippen molar-refractivity contribution in [1.29, 1.82) is 0 Å². The Morgan fingerprint density at radius 3 is 2.67 bits per heavy atom. The fraction of sp³-hybridized carbons (Fsp3) is 0.647. The molecule has 4 heteroatoms. The lowest BCUT2D eigenvalue weighted by molar-refractivity contribution is 0.254. The molecule has 3 nitrogen and oxygen atoms in total. The Hall–Kier alpha value is -0.770. The molecule has 0 saturated carbocycles. The lowest BCUT2D eigenvalue weighted by atomic mass is 10.2. The number of nitrogens with one attached hydrogen (secondary N) is 1. The Balaban J connectivity index is 1.69. The van der Waals surface area contributed by atoms with Crippen LogP contribution < -0.4 is 10.2 Å². The number of hydrogen-bond acceptors (Lipinski definition) is 3. The highest BCUT2D eigenvalue weighted by atomic mass is 35.5. The third-order valence-corrected chi connectivity index (χ3v) is 4.42. The van der Waals surface area contributed by atoms with Crippen molar-refractivity contribution in [2.24, 2.45) is 0 Å². The molecule has 118 valence electrons. The van der Waals surface area contributed by atoms with E-state index in [0.717, 1.165) is 44.3 Å². The normalized spacial score (nSPS) is 18.0. The van der Waals surface area contributed by atoms with Gasteiger partial charge in [0.05, 0.1) is 0 Å². The zero-order chi connectivity index (χ0) is 15.1. The number of halogens is 1. The largest absolute Gasteiger partial charge is 0.369 e. The van der Waals surface area contributed by atoms with Gasteiger partial charge >= 0.3 is 0 Å². The Morgan fingerprint density at radius 2 is 2.00 bits per heavy atom. The third-order valence-electron chi connectivity index (χ3n) is 4.19. The molecule has 0 amide bonds. The predicted octanol–water partition coefficient (Wildman–Crippen LogP) is 3.24. The van der Waals surface area contributed by atoms with Crippen LogP contribution in [0.15, 0.2) is 24.3 Å². The molecule has 1 saturated heterocycles.